The van der Waals surface area contributed by atoms with Gasteiger partial charge in [0.1, 0.15) is 35.7 Å². The Morgan fingerprint density at radius 3 is 2.31 bits per heavy atom. The summed E-state index contributed by atoms with van der Waals surface area (Å²) in [5.74, 6) is 1.09. The van der Waals surface area contributed by atoms with Gasteiger partial charge in [0.25, 0.3) is 0 Å². The third kappa shape index (κ3) is 6.01. The number of anilines is 2. The number of nitrogens with zero attached hydrogens (tertiary/aromatic N) is 2. The largest absolute Gasteiger partial charge is 0.490 e. The number of nitriles is 1. The second-order valence-electron chi connectivity index (χ2n) is 7.34. The van der Waals surface area contributed by atoms with Gasteiger partial charge in [-0.05, 0) is 60.7 Å². The molecule has 2 amide bonds. The van der Waals surface area contributed by atoms with E-state index in [4.69, 9.17) is 14.2 Å². The van der Waals surface area contributed by atoms with Gasteiger partial charge >= 0.3 is 6.03 Å². The number of urea groups is 1. The number of carbonyl (C=O) groups excluding carboxylic acids is 1. The first kappa shape index (κ1) is 23.5. The summed E-state index contributed by atoms with van der Waals surface area (Å²) in [5, 5.41) is 15.5. The highest BCUT2D eigenvalue weighted by molar-refractivity contribution is 5.99. The Morgan fingerprint density at radius 1 is 0.971 bits per heavy atom. The zero-order chi connectivity index (χ0) is 24.6. The molecular formula is C26H21FN4O4. The Bertz CT molecular complexity index is 1370. The maximum Gasteiger partial charge on any atom is 0.323 e. The first-order chi connectivity index (χ1) is 17.1. The number of carbonyl (C=O) groups is 1. The van der Waals surface area contributed by atoms with E-state index >= 15 is 0 Å². The lowest BCUT2D eigenvalue weighted by atomic mass is 10.1. The topological polar surface area (TPSA) is 106 Å². The van der Waals surface area contributed by atoms with Crippen LogP contribution in [0.5, 0.6) is 17.2 Å². The molecule has 0 saturated heterocycles. The summed E-state index contributed by atoms with van der Waals surface area (Å²) >= 11 is 0. The molecule has 8 nitrogen and oxygen atoms in total. The van der Waals surface area contributed by atoms with Crippen molar-refractivity contribution in [3.05, 3.63) is 84.3 Å². The third-order valence-corrected chi connectivity index (χ3v) is 4.91. The molecule has 0 saturated carbocycles. The molecule has 0 unspecified atom stereocenters. The molecule has 4 rings (SSSR count). The van der Waals surface area contributed by atoms with Crippen LogP contribution in [0.25, 0.3) is 10.9 Å². The zero-order valence-electron chi connectivity index (χ0n) is 18.7. The first-order valence-electron chi connectivity index (χ1n) is 10.6. The number of hydrogen-bond donors (Lipinski definition) is 2. The van der Waals surface area contributed by atoms with Gasteiger partial charge in [0.15, 0.2) is 0 Å². The zero-order valence-corrected chi connectivity index (χ0v) is 18.7. The van der Waals surface area contributed by atoms with Gasteiger partial charge in [-0.2, -0.15) is 5.26 Å². The molecule has 0 aliphatic rings. The molecule has 176 valence electrons. The van der Waals surface area contributed by atoms with Crippen LogP contribution in [0.3, 0.4) is 0 Å². The van der Waals surface area contributed by atoms with Gasteiger partial charge in [0, 0.05) is 36.1 Å². The number of hydrogen-bond acceptors (Lipinski definition) is 6. The molecule has 0 atom stereocenters. The number of methoxy groups -OCH3 is 1. The molecule has 1 aromatic heterocycles. The van der Waals surface area contributed by atoms with E-state index in [1.165, 1.54) is 24.3 Å². The smallest absolute Gasteiger partial charge is 0.323 e. The number of nitrogens with one attached hydrogen (secondary N) is 2. The van der Waals surface area contributed by atoms with Gasteiger partial charge in [-0.1, -0.05) is 0 Å². The van der Waals surface area contributed by atoms with Gasteiger partial charge < -0.3 is 24.8 Å². The predicted molar refractivity (Wildman–Crippen MR) is 129 cm³/mol. The minimum atomic E-state index is -0.460. The molecule has 0 spiro atoms. The summed E-state index contributed by atoms with van der Waals surface area (Å²) in [6.45, 7) is 0.716. The Labute approximate surface area is 200 Å². The molecular weight excluding hydrogens is 451 g/mol. The van der Waals surface area contributed by atoms with E-state index in [0.29, 0.717) is 58.3 Å². The highest BCUT2D eigenvalue weighted by Gasteiger charge is 2.12. The molecule has 1 heterocycles. The van der Waals surface area contributed by atoms with Crippen LogP contribution >= 0.6 is 0 Å². The van der Waals surface area contributed by atoms with Crippen molar-refractivity contribution in [2.45, 2.75) is 0 Å². The lowest BCUT2D eigenvalue weighted by molar-refractivity contribution is 0.146. The third-order valence-electron chi connectivity index (χ3n) is 4.91. The summed E-state index contributed by atoms with van der Waals surface area (Å²) in [4.78, 5) is 16.5. The standard InChI is InChI=1S/C26H21FN4O4/c1-33-12-13-34-25-15-23-22(14-17(25)16-28)24(10-11-29-23)35-21-8-6-20(7-9-21)31-26(32)30-19-4-2-18(27)3-5-19/h2-11,14-15H,12-13H2,1H3,(H2,30,31,32). The lowest BCUT2D eigenvalue weighted by Crippen LogP contribution is -2.19. The number of benzene rings is 3. The van der Waals surface area contributed by atoms with Gasteiger partial charge in [0.05, 0.1) is 17.7 Å². The van der Waals surface area contributed by atoms with Gasteiger partial charge in [-0.15, -0.1) is 0 Å². The molecule has 3 aromatic carbocycles. The number of aromatic nitrogens is 1. The minimum Gasteiger partial charge on any atom is -0.490 e. The fraction of sp³-hybridized carbons (Fsp3) is 0.115. The van der Waals surface area contributed by atoms with Crippen LogP contribution in [0, 0.1) is 17.1 Å². The molecule has 9 heteroatoms. The monoisotopic (exact) mass is 472 g/mol. The normalized spacial score (nSPS) is 10.4. The SMILES string of the molecule is COCCOc1cc2nccc(Oc3ccc(NC(=O)Nc4ccc(F)cc4)cc3)c2cc1C#N. The molecule has 35 heavy (non-hydrogen) atoms. The fourth-order valence-electron chi connectivity index (χ4n) is 3.24. The van der Waals surface area contributed by atoms with E-state index in [1.807, 2.05) is 0 Å². The quantitative estimate of drug-likeness (QED) is 0.318. The number of rotatable bonds is 8. The van der Waals surface area contributed by atoms with Gasteiger partial charge in [0.2, 0.25) is 0 Å². The highest BCUT2D eigenvalue weighted by Crippen LogP contribution is 2.33. The summed E-state index contributed by atoms with van der Waals surface area (Å²) in [6.07, 6.45) is 1.61. The summed E-state index contributed by atoms with van der Waals surface area (Å²) < 4.78 is 29.6. The van der Waals surface area contributed by atoms with E-state index in [1.54, 1.807) is 55.8 Å². The highest BCUT2D eigenvalue weighted by atomic mass is 19.1. The van der Waals surface area contributed by atoms with Crippen LogP contribution < -0.4 is 20.1 Å². The second kappa shape index (κ2) is 11.0. The number of fused-ring (bicyclic) bond motifs is 1. The van der Waals surface area contributed by atoms with Crippen molar-refractivity contribution in [1.82, 2.24) is 4.98 Å². The Kier molecular flexibility index (Phi) is 7.35. The van der Waals surface area contributed by atoms with E-state index in [-0.39, 0.29) is 5.82 Å². The van der Waals surface area contributed by atoms with Crippen molar-refractivity contribution in [3.63, 3.8) is 0 Å². The molecule has 0 bridgehead atoms. The van der Waals surface area contributed by atoms with Crippen LogP contribution in [0.4, 0.5) is 20.6 Å². The number of halogens is 1. The van der Waals surface area contributed by atoms with Crippen LogP contribution in [0.15, 0.2) is 72.9 Å². The molecule has 0 radical (unpaired) electrons. The fourth-order valence-corrected chi connectivity index (χ4v) is 3.24. The summed E-state index contributed by atoms with van der Waals surface area (Å²) in [5.41, 5.74) is 1.99. The van der Waals surface area contributed by atoms with Crippen LogP contribution in [-0.2, 0) is 4.74 Å². The van der Waals surface area contributed by atoms with Crippen molar-refractivity contribution < 1.29 is 23.4 Å². The molecule has 0 aliphatic heterocycles. The Hall–Kier alpha value is -4.68. The molecule has 0 fully saturated rings. The van der Waals surface area contributed by atoms with Gasteiger partial charge in [-0.25, -0.2) is 9.18 Å². The Morgan fingerprint density at radius 2 is 1.66 bits per heavy atom. The first-order valence-corrected chi connectivity index (χ1v) is 10.6. The van der Waals surface area contributed by atoms with Crippen molar-refractivity contribution in [2.75, 3.05) is 31.0 Å². The predicted octanol–water partition coefficient (Wildman–Crippen LogP) is 5.71. The molecule has 0 aliphatic carbocycles. The van der Waals surface area contributed by atoms with Gasteiger partial charge in [-0.3, -0.25) is 4.98 Å². The molecule has 4 aromatic rings. The maximum absolute atomic E-state index is 13.0. The number of pyridine rings is 1. The summed E-state index contributed by atoms with van der Waals surface area (Å²) in [7, 11) is 1.57. The maximum atomic E-state index is 13.0. The molecule has 2 N–H and O–H groups in total. The van der Waals surface area contributed by atoms with E-state index in [9.17, 15) is 14.4 Å². The Balaban J connectivity index is 1.46. The second-order valence-corrected chi connectivity index (χ2v) is 7.34. The minimum absolute atomic E-state index is 0.315. The van der Waals surface area contributed by atoms with Crippen LogP contribution in [0.2, 0.25) is 0 Å². The van der Waals surface area contributed by atoms with Crippen molar-refractivity contribution in [2.24, 2.45) is 0 Å². The number of ether oxygens (including phenoxy) is 3. The lowest BCUT2D eigenvalue weighted by Gasteiger charge is -2.12. The summed E-state index contributed by atoms with van der Waals surface area (Å²) in [6, 6.07) is 19.0. The number of amides is 2. The van der Waals surface area contributed by atoms with E-state index < -0.39 is 6.03 Å². The van der Waals surface area contributed by atoms with Crippen molar-refractivity contribution >= 4 is 28.3 Å². The average molecular weight is 472 g/mol. The van der Waals surface area contributed by atoms with Crippen molar-refractivity contribution in [3.8, 4) is 23.3 Å². The van der Waals surface area contributed by atoms with E-state index in [2.05, 4.69) is 21.7 Å². The van der Waals surface area contributed by atoms with Crippen LogP contribution in [0.1, 0.15) is 5.56 Å². The van der Waals surface area contributed by atoms with Crippen molar-refractivity contribution in [1.29, 1.82) is 5.26 Å². The average Bonchev–Trinajstić information content (AvgIpc) is 2.86. The van der Waals surface area contributed by atoms with E-state index in [0.717, 1.165) is 0 Å². The van der Waals surface area contributed by atoms with Crippen LogP contribution in [-0.4, -0.2) is 31.3 Å².